The molecule has 0 bridgehead atoms. The second-order valence-corrected chi connectivity index (χ2v) is 6.02. The maximum atomic E-state index is 5.52. The first-order chi connectivity index (χ1) is 12.8. The van der Waals surface area contributed by atoms with Gasteiger partial charge in [0.1, 0.15) is 0 Å². The number of hydrogen-bond acceptors (Lipinski definition) is 5. The Morgan fingerprint density at radius 2 is 1.96 bits per heavy atom. The van der Waals surface area contributed by atoms with Crippen LogP contribution in [-0.4, -0.2) is 36.8 Å². The van der Waals surface area contributed by atoms with Gasteiger partial charge in [0.25, 0.3) is 0 Å². The number of fused-ring (bicyclic) bond motifs is 1. The maximum absolute atomic E-state index is 5.52. The summed E-state index contributed by atoms with van der Waals surface area (Å²) in [5.74, 6) is 1.53. The second kappa shape index (κ2) is 7.59. The topological polar surface area (TPSA) is 57.5 Å². The summed E-state index contributed by atoms with van der Waals surface area (Å²) in [6.45, 7) is 2.43. The van der Waals surface area contributed by atoms with Crippen molar-refractivity contribution >= 4 is 0 Å². The van der Waals surface area contributed by atoms with Crippen molar-refractivity contribution in [1.29, 1.82) is 0 Å². The van der Waals surface area contributed by atoms with Crippen molar-refractivity contribution in [3.8, 4) is 28.4 Å². The van der Waals surface area contributed by atoms with Gasteiger partial charge in [-0.3, -0.25) is 0 Å². The van der Waals surface area contributed by atoms with Gasteiger partial charge in [-0.05, 0) is 30.3 Å². The van der Waals surface area contributed by atoms with E-state index in [9.17, 15) is 0 Å². The molecule has 26 heavy (non-hydrogen) atoms. The fourth-order valence-electron chi connectivity index (χ4n) is 2.94. The third-order valence-electron chi connectivity index (χ3n) is 4.26. The van der Waals surface area contributed by atoms with E-state index in [0.717, 1.165) is 40.6 Å². The SMILES string of the molecule is COCCNCc1cn(-c2ccccc2)nc1-c1ccc2c(c1)OCO2. The molecule has 1 aliphatic heterocycles. The zero-order valence-electron chi connectivity index (χ0n) is 14.6. The molecular weight excluding hydrogens is 330 g/mol. The number of para-hydroxylation sites is 1. The Morgan fingerprint density at radius 1 is 1.12 bits per heavy atom. The molecule has 0 saturated heterocycles. The van der Waals surface area contributed by atoms with Crippen LogP contribution in [0.5, 0.6) is 11.5 Å². The smallest absolute Gasteiger partial charge is 0.231 e. The molecule has 1 N–H and O–H groups in total. The lowest BCUT2D eigenvalue weighted by Gasteiger charge is -2.05. The number of nitrogens with zero attached hydrogens (tertiary/aromatic N) is 2. The van der Waals surface area contributed by atoms with Crippen molar-refractivity contribution in [3.63, 3.8) is 0 Å². The van der Waals surface area contributed by atoms with E-state index in [4.69, 9.17) is 19.3 Å². The molecule has 0 saturated carbocycles. The molecule has 3 aromatic rings. The second-order valence-electron chi connectivity index (χ2n) is 6.02. The Morgan fingerprint density at radius 3 is 2.81 bits per heavy atom. The molecule has 2 heterocycles. The molecule has 4 rings (SSSR count). The van der Waals surface area contributed by atoms with E-state index < -0.39 is 0 Å². The first-order valence-corrected chi connectivity index (χ1v) is 8.59. The minimum atomic E-state index is 0.267. The molecule has 0 unspecified atom stereocenters. The molecule has 0 amide bonds. The summed E-state index contributed by atoms with van der Waals surface area (Å²) in [6, 6.07) is 16.0. The van der Waals surface area contributed by atoms with Crippen molar-refractivity contribution in [2.75, 3.05) is 27.1 Å². The van der Waals surface area contributed by atoms with Crippen molar-refractivity contribution < 1.29 is 14.2 Å². The van der Waals surface area contributed by atoms with Crippen molar-refractivity contribution in [2.45, 2.75) is 6.54 Å². The number of hydrogen-bond donors (Lipinski definition) is 1. The monoisotopic (exact) mass is 351 g/mol. The van der Waals surface area contributed by atoms with E-state index in [0.29, 0.717) is 13.2 Å². The van der Waals surface area contributed by atoms with Crippen LogP contribution in [-0.2, 0) is 11.3 Å². The number of nitrogens with one attached hydrogen (secondary N) is 1. The predicted molar refractivity (Wildman–Crippen MR) is 98.7 cm³/mol. The molecule has 0 spiro atoms. The Bertz CT molecular complexity index is 877. The Labute approximate surface area is 152 Å². The molecule has 0 fully saturated rings. The van der Waals surface area contributed by atoms with Crippen LogP contribution in [0.25, 0.3) is 16.9 Å². The fourth-order valence-corrected chi connectivity index (χ4v) is 2.94. The summed E-state index contributed by atoms with van der Waals surface area (Å²) in [5, 5.41) is 8.22. The summed E-state index contributed by atoms with van der Waals surface area (Å²) in [7, 11) is 1.70. The maximum Gasteiger partial charge on any atom is 0.231 e. The lowest BCUT2D eigenvalue weighted by atomic mass is 10.1. The van der Waals surface area contributed by atoms with E-state index in [2.05, 4.69) is 11.5 Å². The Hall–Kier alpha value is -2.83. The average molecular weight is 351 g/mol. The third-order valence-corrected chi connectivity index (χ3v) is 4.26. The van der Waals surface area contributed by atoms with Gasteiger partial charge in [0.05, 0.1) is 18.0 Å². The molecular formula is C20H21N3O3. The fraction of sp³-hybridized carbons (Fsp3) is 0.250. The van der Waals surface area contributed by atoms with Gasteiger partial charge in [-0.2, -0.15) is 5.10 Å². The number of methoxy groups -OCH3 is 1. The van der Waals surface area contributed by atoms with Crippen LogP contribution < -0.4 is 14.8 Å². The highest BCUT2D eigenvalue weighted by Crippen LogP contribution is 2.36. The Kier molecular flexibility index (Phi) is 4.86. The number of aromatic nitrogens is 2. The normalized spacial score (nSPS) is 12.5. The predicted octanol–water partition coefficient (Wildman–Crippen LogP) is 3.00. The molecule has 1 aromatic heterocycles. The standard InChI is InChI=1S/C20H21N3O3/c1-24-10-9-21-12-16-13-23(17-5-3-2-4-6-17)22-20(16)15-7-8-18-19(11-15)26-14-25-18/h2-8,11,13,21H,9-10,12,14H2,1H3. The molecule has 6 heteroatoms. The van der Waals surface area contributed by atoms with Gasteiger partial charge in [-0.1, -0.05) is 18.2 Å². The third kappa shape index (κ3) is 3.42. The zero-order valence-corrected chi connectivity index (χ0v) is 14.6. The van der Waals surface area contributed by atoms with Crippen molar-refractivity contribution in [2.24, 2.45) is 0 Å². The minimum absolute atomic E-state index is 0.267. The Balaban J connectivity index is 1.68. The van der Waals surface area contributed by atoms with Crippen molar-refractivity contribution in [3.05, 3.63) is 60.3 Å². The van der Waals surface area contributed by atoms with Crippen LogP contribution in [0.3, 0.4) is 0 Å². The largest absolute Gasteiger partial charge is 0.454 e. The molecule has 2 aromatic carbocycles. The van der Waals surface area contributed by atoms with E-state index in [1.54, 1.807) is 7.11 Å². The van der Waals surface area contributed by atoms with Crippen LogP contribution >= 0.6 is 0 Å². The molecule has 0 aliphatic carbocycles. The lowest BCUT2D eigenvalue weighted by Crippen LogP contribution is -2.18. The van der Waals surface area contributed by atoms with Gasteiger partial charge in [0.2, 0.25) is 6.79 Å². The van der Waals surface area contributed by atoms with Crippen LogP contribution in [0.4, 0.5) is 0 Å². The number of rotatable bonds is 7. The first kappa shape index (κ1) is 16.6. The molecule has 134 valence electrons. The summed E-state index contributed by atoms with van der Waals surface area (Å²) < 4.78 is 17.9. The van der Waals surface area contributed by atoms with Gasteiger partial charge >= 0.3 is 0 Å². The molecule has 1 aliphatic rings. The van der Waals surface area contributed by atoms with E-state index in [1.807, 2.05) is 53.2 Å². The highest BCUT2D eigenvalue weighted by molar-refractivity contribution is 5.67. The molecule has 0 radical (unpaired) electrons. The lowest BCUT2D eigenvalue weighted by molar-refractivity contribution is 0.174. The van der Waals surface area contributed by atoms with Gasteiger partial charge < -0.3 is 19.5 Å². The highest BCUT2D eigenvalue weighted by Gasteiger charge is 2.17. The summed E-state index contributed by atoms with van der Waals surface area (Å²) in [5.41, 5.74) is 4.07. The zero-order chi connectivity index (χ0) is 17.8. The van der Waals surface area contributed by atoms with E-state index in [-0.39, 0.29) is 6.79 Å². The van der Waals surface area contributed by atoms with Gasteiger partial charge in [0, 0.05) is 37.5 Å². The summed E-state index contributed by atoms with van der Waals surface area (Å²) >= 11 is 0. The first-order valence-electron chi connectivity index (χ1n) is 8.59. The van der Waals surface area contributed by atoms with Gasteiger partial charge in [-0.25, -0.2) is 4.68 Å². The number of benzene rings is 2. The van der Waals surface area contributed by atoms with Crippen LogP contribution in [0, 0.1) is 0 Å². The van der Waals surface area contributed by atoms with Crippen molar-refractivity contribution in [1.82, 2.24) is 15.1 Å². The van der Waals surface area contributed by atoms with Crippen LogP contribution in [0.1, 0.15) is 5.56 Å². The molecule has 0 atom stereocenters. The quantitative estimate of drug-likeness (QED) is 0.663. The number of ether oxygens (including phenoxy) is 3. The van der Waals surface area contributed by atoms with Crippen LogP contribution in [0.15, 0.2) is 54.7 Å². The highest BCUT2D eigenvalue weighted by atomic mass is 16.7. The van der Waals surface area contributed by atoms with E-state index in [1.165, 1.54) is 0 Å². The van der Waals surface area contributed by atoms with E-state index >= 15 is 0 Å². The molecule has 6 nitrogen and oxygen atoms in total. The van der Waals surface area contributed by atoms with Crippen LogP contribution in [0.2, 0.25) is 0 Å². The summed E-state index contributed by atoms with van der Waals surface area (Å²) in [4.78, 5) is 0. The average Bonchev–Trinajstić information content (AvgIpc) is 3.32. The summed E-state index contributed by atoms with van der Waals surface area (Å²) in [6.07, 6.45) is 2.06. The van der Waals surface area contributed by atoms with Gasteiger partial charge in [0.15, 0.2) is 11.5 Å². The van der Waals surface area contributed by atoms with Gasteiger partial charge in [-0.15, -0.1) is 0 Å². The minimum Gasteiger partial charge on any atom is -0.454 e.